The number of aromatic nitrogens is 1. The van der Waals surface area contributed by atoms with Crippen LogP contribution in [0.2, 0.25) is 0 Å². The number of hydrogen-bond donors (Lipinski definition) is 1. The van der Waals surface area contributed by atoms with E-state index >= 15 is 0 Å². The first kappa shape index (κ1) is 13.5. The summed E-state index contributed by atoms with van der Waals surface area (Å²) in [5.41, 5.74) is 0.675. The molecule has 1 aromatic heterocycles. The summed E-state index contributed by atoms with van der Waals surface area (Å²) in [4.78, 5) is 4.14. The van der Waals surface area contributed by atoms with E-state index in [4.69, 9.17) is 0 Å². The summed E-state index contributed by atoms with van der Waals surface area (Å²) in [6.45, 7) is 6.93. The van der Waals surface area contributed by atoms with E-state index in [9.17, 15) is 5.11 Å². The second-order valence-corrected chi connectivity index (χ2v) is 6.77. The van der Waals surface area contributed by atoms with Crippen molar-refractivity contribution in [1.82, 2.24) is 4.98 Å². The Morgan fingerprint density at radius 2 is 2.06 bits per heavy atom. The first-order chi connectivity index (χ1) is 8.42. The minimum Gasteiger partial charge on any atom is -0.385 e. The van der Waals surface area contributed by atoms with Gasteiger partial charge in [-0.05, 0) is 49.5 Å². The van der Waals surface area contributed by atoms with Gasteiger partial charge in [0.15, 0.2) is 0 Å². The Balaban J connectivity index is 2.14. The summed E-state index contributed by atoms with van der Waals surface area (Å²) in [6, 6.07) is 3.92. The van der Waals surface area contributed by atoms with E-state index in [1.807, 2.05) is 18.3 Å². The Morgan fingerprint density at radius 1 is 1.28 bits per heavy atom. The monoisotopic (exact) mass is 247 g/mol. The zero-order valence-corrected chi connectivity index (χ0v) is 11.8. The number of nitrogens with zero attached hydrogens (tertiary/aromatic N) is 1. The van der Waals surface area contributed by atoms with E-state index < -0.39 is 5.60 Å². The predicted octanol–water partition coefficient (Wildman–Crippen LogP) is 3.90. The standard InChI is InChI=1S/C16H25NO/c1-15(2,3)13-6-4-9-16(18,10-8-13)14-7-5-11-17-12-14/h5,7,11-13,18H,4,6,8-10H2,1-3H3. The molecule has 2 rings (SSSR count). The lowest BCUT2D eigenvalue weighted by atomic mass is 9.76. The van der Waals surface area contributed by atoms with Crippen LogP contribution in [0, 0.1) is 11.3 Å². The lowest BCUT2D eigenvalue weighted by Crippen LogP contribution is -2.26. The highest BCUT2D eigenvalue weighted by Crippen LogP contribution is 2.43. The summed E-state index contributed by atoms with van der Waals surface area (Å²) in [5.74, 6) is 0.711. The molecule has 1 aromatic rings. The van der Waals surface area contributed by atoms with Crippen LogP contribution in [-0.2, 0) is 5.60 Å². The normalized spacial score (nSPS) is 29.9. The molecule has 1 saturated carbocycles. The fourth-order valence-corrected chi connectivity index (χ4v) is 3.12. The Morgan fingerprint density at radius 3 is 2.67 bits per heavy atom. The van der Waals surface area contributed by atoms with Gasteiger partial charge in [0.05, 0.1) is 5.60 Å². The molecule has 2 nitrogen and oxygen atoms in total. The average molecular weight is 247 g/mol. The molecule has 0 radical (unpaired) electrons. The predicted molar refractivity (Wildman–Crippen MR) is 74.2 cm³/mol. The summed E-state index contributed by atoms with van der Waals surface area (Å²) in [7, 11) is 0. The van der Waals surface area contributed by atoms with E-state index in [0.29, 0.717) is 11.3 Å². The molecule has 1 aliphatic carbocycles. The molecule has 2 atom stereocenters. The van der Waals surface area contributed by atoms with E-state index in [1.165, 1.54) is 6.42 Å². The molecule has 1 N–H and O–H groups in total. The van der Waals surface area contributed by atoms with Crippen LogP contribution in [0.1, 0.15) is 58.4 Å². The Kier molecular flexibility index (Phi) is 3.76. The Labute approximate surface area is 110 Å². The van der Waals surface area contributed by atoms with Crippen LogP contribution in [-0.4, -0.2) is 10.1 Å². The van der Waals surface area contributed by atoms with Gasteiger partial charge < -0.3 is 5.11 Å². The molecule has 1 heterocycles. The van der Waals surface area contributed by atoms with Crippen molar-refractivity contribution < 1.29 is 5.11 Å². The first-order valence-electron chi connectivity index (χ1n) is 7.05. The molecule has 2 unspecified atom stereocenters. The highest BCUT2D eigenvalue weighted by atomic mass is 16.3. The number of rotatable bonds is 1. The number of hydrogen-bond acceptors (Lipinski definition) is 2. The molecule has 2 heteroatoms. The number of aliphatic hydroxyl groups is 1. The van der Waals surface area contributed by atoms with Gasteiger partial charge in [-0.15, -0.1) is 0 Å². The molecule has 0 aliphatic heterocycles. The first-order valence-corrected chi connectivity index (χ1v) is 7.05. The van der Waals surface area contributed by atoms with Crippen LogP contribution in [0.15, 0.2) is 24.5 Å². The fourth-order valence-electron chi connectivity index (χ4n) is 3.12. The summed E-state index contributed by atoms with van der Waals surface area (Å²) in [6.07, 6.45) is 8.75. The van der Waals surface area contributed by atoms with Crippen molar-refractivity contribution in [3.63, 3.8) is 0 Å². The van der Waals surface area contributed by atoms with Crippen LogP contribution < -0.4 is 0 Å². The van der Waals surface area contributed by atoms with Crippen LogP contribution in [0.5, 0.6) is 0 Å². The van der Waals surface area contributed by atoms with E-state index in [0.717, 1.165) is 31.2 Å². The van der Waals surface area contributed by atoms with Crippen molar-refractivity contribution >= 4 is 0 Å². The Bertz CT molecular complexity index is 382. The van der Waals surface area contributed by atoms with E-state index in [1.54, 1.807) is 6.20 Å². The molecule has 1 fully saturated rings. The van der Waals surface area contributed by atoms with Crippen molar-refractivity contribution in [3.05, 3.63) is 30.1 Å². The minimum absolute atomic E-state index is 0.347. The third-order valence-electron chi connectivity index (χ3n) is 4.47. The highest BCUT2D eigenvalue weighted by Gasteiger charge is 2.35. The molecule has 0 aromatic carbocycles. The highest BCUT2D eigenvalue weighted by molar-refractivity contribution is 5.18. The Hall–Kier alpha value is -0.890. The van der Waals surface area contributed by atoms with E-state index in [-0.39, 0.29) is 0 Å². The summed E-state index contributed by atoms with van der Waals surface area (Å²) < 4.78 is 0. The zero-order chi connectivity index (χ0) is 13.2. The maximum Gasteiger partial charge on any atom is 0.0911 e. The van der Waals surface area contributed by atoms with Crippen molar-refractivity contribution in [1.29, 1.82) is 0 Å². The molecule has 1 aliphatic rings. The molecule has 0 amide bonds. The van der Waals surface area contributed by atoms with Gasteiger partial charge in [0, 0.05) is 18.0 Å². The van der Waals surface area contributed by atoms with Crippen LogP contribution in [0.4, 0.5) is 0 Å². The summed E-state index contributed by atoms with van der Waals surface area (Å²) in [5, 5.41) is 10.9. The van der Waals surface area contributed by atoms with Gasteiger partial charge >= 0.3 is 0 Å². The van der Waals surface area contributed by atoms with Gasteiger partial charge in [-0.3, -0.25) is 4.98 Å². The van der Waals surface area contributed by atoms with E-state index in [2.05, 4.69) is 25.8 Å². The average Bonchev–Trinajstić information content (AvgIpc) is 2.53. The SMILES string of the molecule is CC(C)(C)C1CCCC(O)(c2cccnc2)CC1. The van der Waals surface area contributed by atoms with Crippen molar-refractivity contribution in [3.8, 4) is 0 Å². The van der Waals surface area contributed by atoms with Gasteiger partial charge in [-0.25, -0.2) is 0 Å². The van der Waals surface area contributed by atoms with Crippen LogP contribution in [0.3, 0.4) is 0 Å². The molecule has 18 heavy (non-hydrogen) atoms. The van der Waals surface area contributed by atoms with Gasteiger partial charge in [0.1, 0.15) is 0 Å². The minimum atomic E-state index is -0.658. The quantitative estimate of drug-likeness (QED) is 0.764. The topological polar surface area (TPSA) is 33.1 Å². The van der Waals surface area contributed by atoms with Crippen molar-refractivity contribution in [2.24, 2.45) is 11.3 Å². The van der Waals surface area contributed by atoms with Crippen LogP contribution >= 0.6 is 0 Å². The van der Waals surface area contributed by atoms with Crippen molar-refractivity contribution in [2.45, 2.75) is 58.5 Å². The maximum absolute atomic E-state index is 10.9. The van der Waals surface area contributed by atoms with Gasteiger partial charge in [0.25, 0.3) is 0 Å². The number of pyridine rings is 1. The van der Waals surface area contributed by atoms with Gasteiger partial charge in [-0.1, -0.05) is 26.8 Å². The third kappa shape index (κ3) is 2.92. The lowest BCUT2D eigenvalue weighted by molar-refractivity contribution is 0.0176. The fraction of sp³-hybridized carbons (Fsp3) is 0.688. The van der Waals surface area contributed by atoms with Crippen molar-refractivity contribution in [2.75, 3.05) is 0 Å². The lowest BCUT2D eigenvalue weighted by Gasteiger charge is -2.31. The maximum atomic E-state index is 10.9. The molecule has 0 saturated heterocycles. The second kappa shape index (κ2) is 5.00. The molecular formula is C16H25NO. The molecular weight excluding hydrogens is 222 g/mol. The second-order valence-electron chi connectivity index (χ2n) is 6.77. The molecule has 0 spiro atoms. The van der Waals surface area contributed by atoms with Gasteiger partial charge in [0.2, 0.25) is 0 Å². The smallest absolute Gasteiger partial charge is 0.0911 e. The molecule has 0 bridgehead atoms. The third-order valence-corrected chi connectivity index (χ3v) is 4.47. The summed E-state index contributed by atoms with van der Waals surface area (Å²) >= 11 is 0. The largest absolute Gasteiger partial charge is 0.385 e. The molecule has 100 valence electrons. The van der Waals surface area contributed by atoms with Crippen LogP contribution in [0.25, 0.3) is 0 Å². The van der Waals surface area contributed by atoms with Gasteiger partial charge in [-0.2, -0.15) is 0 Å². The zero-order valence-electron chi connectivity index (χ0n) is 11.8.